The highest BCUT2D eigenvalue weighted by Crippen LogP contribution is 2.05. The summed E-state index contributed by atoms with van der Waals surface area (Å²) in [6.45, 7) is 1.76. The van der Waals surface area contributed by atoms with Gasteiger partial charge < -0.3 is 5.11 Å². The molecule has 0 aromatic carbocycles. The number of rotatable bonds is 1. The van der Waals surface area contributed by atoms with Crippen LogP contribution in [0.3, 0.4) is 0 Å². The second-order valence-corrected chi connectivity index (χ2v) is 2.47. The van der Waals surface area contributed by atoms with Gasteiger partial charge in [-0.2, -0.15) is 0 Å². The van der Waals surface area contributed by atoms with Crippen LogP contribution in [0.1, 0.15) is 6.92 Å². The third-order valence-corrected chi connectivity index (χ3v) is 1.50. The fourth-order valence-electron chi connectivity index (χ4n) is 0.860. The van der Waals surface area contributed by atoms with E-state index in [0.717, 1.165) is 5.57 Å². The summed E-state index contributed by atoms with van der Waals surface area (Å²) in [4.78, 5) is 0. The molecule has 0 amide bonds. The lowest BCUT2D eigenvalue weighted by Gasteiger charge is -2.03. The number of hydrogen-bond donors (Lipinski definition) is 1. The largest absolute Gasteiger partial charge is 0.389 e. The van der Waals surface area contributed by atoms with Gasteiger partial charge in [-0.3, -0.25) is 0 Å². The second-order valence-electron chi connectivity index (χ2n) is 2.47. The van der Waals surface area contributed by atoms with E-state index in [2.05, 4.69) is 0 Å². The van der Waals surface area contributed by atoms with Crippen molar-refractivity contribution in [3.05, 3.63) is 48.1 Å². The van der Waals surface area contributed by atoms with E-state index in [9.17, 15) is 5.11 Å². The van der Waals surface area contributed by atoms with Crippen LogP contribution in [0, 0.1) is 0 Å². The van der Waals surface area contributed by atoms with E-state index in [1.54, 1.807) is 6.92 Å². The first-order valence-electron chi connectivity index (χ1n) is 3.70. The summed E-state index contributed by atoms with van der Waals surface area (Å²) in [7, 11) is 0. The molecule has 1 unspecified atom stereocenters. The zero-order valence-corrected chi connectivity index (χ0v) is 6.57. The van der Waals surface area contributed by atoms with Crippen molar-refractivity contribution in [3.8, 4) is 0 Å². The van der Waals surface area contributed by atoms with Crippen LogP contribution >= 0.6 is 0 Å². The molecule has 0 bridgehead atoms. The smallest absolute Gasteiger partial charge is 0.0761 e. The maximum absolute atomic E-state index is 9.22. The third kappa shape index (κ3) is 2.56. The molecule has 0 saturated heterocycles. The first-order valence-corrected chi connectivity index (χ1v) is 3.70. The highest BCUT2D eigenvalue weighted by atomic mass is 16.3. The predicted octanol–water partition coefficient (Wildman–Crippen LogP) is 1.98. The Balaban J connectivity index is 2.78. The molecule has 0 saturated carbocycles. The standard InChI is InChI=1S/C10H12O/c1-9(11)10-7-5-3-2-4-6-8-10/h2-9,11H,1H3. The minimum Gasteiger partial charge on any atom is -0.389 e. The number of aliphatic hydroxyl groups excluding tert-OH is 1. The SMILES string of the molecule is CC(O)C1=CC=CC=CC=C1. The lowest BCUT2D eigenvalue weighted by atomic mass is 10.1. The molecule has 0 aromatic heterocycles. The number of allylic oxidation sites excluding steroid dienone is 6. The summed E-state index contributed by atoms with van der Waals surface area (Å²) in [6, 6.07) is 0. The number of hydrogen-bond acceptors (Lipinski definition) is 1. The van der Waals surface area contributed by atoms with Crippen molar-refractivity contribution < 1.29 is 5.11 Å². The summed E-state index contributed by atoms with van der Waals surface area (Å²) in [5, 5.41) is 9.22. The molecule has 1 heteroatoms. The number of aliphatic hydroxyl groups is 1. The van der Waals surface area contributed by atoms with Gasteiger partial charge in [-0.15, -0.1) is 0 Å². The minimum absolute atomic E-state index is 0.387. The molecule has 0 fully saturated rings. The molecule has 1 aliphatic rings. The van der Waals surface area contributed by atoms with Gasteiger partial charge in [0.25, 0.3) is 0 Å². The molecule has 0 spiro atoms. The van der Waals surface area contributed by atoms with Gasteiger partial charge in [-0.05, 0) is 12.5 Å². The molecule has 1 nitrogen and oxygen atoms in total. The van der Waals surface area contributed by atoms with Crippen molar-refractivity contribution in [3.63, 3.8) is 0 Å². The van der Waals surface area contributed by atoms with E-state index in [4.69, 9.17) is 0 Å². The van der Waals surface area contributed by atoms with Crippen molar-refractivity contribution in [2.24, 2.45) is 0 Å². The van der Waals surface area contributed by atoms with Crippen molar-refractivity contribution >= 4 is 0 Å². The minimum atomic E-state index is -0.387. The van der Waals surface area contributed by atoms with Crippen molar-refractivity contribution in [2.45, 2.75) is 13.0 Å². The van der Waals surface area contributed by atoms with E-state index in [0.29, 0.717) is 0 Å². The van der Waals surface area contributed by atoms with Gasteiger partial charge in [0.15, 0.2) is 0 Å². The fourth-order valence-corrected chi connectivity index (χ4v) is 0.860. The highest BCUT2D eigenvalue weighted by molar-refractivity contribution is 5.32. The van der Waals surface area contributed by atoms with Crippen LogP contribution in [0.15, 0.2) is 48.1 Å². The first-order chi connectivity index (χ1) is 5.30. The van der Waals surface area contributed by atoms with Gasteiger partial charge in [0.05, 0.1) is 6.10 Å². The molecular weight excluding hydrogens is 136 g/mol. The average Bonchev–Trinajstić information content (AvgIpc) is 1.84. The average molecular weight is 148 g/mol. The molecule has 0 aromatic rings. The van der Waals surface area contributed by atoms with Gasteiger partial charge in [0.2, 0.25) is 0 Å². The van der Waals surface area contributed by atoms with E-state index in [1.165, 1.54) is 0 Å². The Labute approximate surface area is 67.1 Å². The van der Waals surface area contributed by atoms with Crippen molar-refractivity contribution in [1.82, 2.24) is 0 Å². The molecule has 0 aliphatic heterocycles. The van der Waals surface area contributed by atoms with Gasteiger partial charge in [0, 0.05) is 0 Å². The van der Waals surface area contributed by atoms with Crippen LogP contribution in [0.4, 0.5) is 0 Å². The Hall–Kier alpha value is -1.08. The van der Waals surface area contributed by atoms with Gasteiger partial charge in [0.1, 0.15) is 0 Å². The van der Waals surface area contributed by atoms with E-state index < -0.39 is 0 Å². The summed E-state index contributed by atoms with van der Waals surface area (Å²) < 4.78 is 0. The molecule has 1 aliphatic carbocycles. The third-order valence-electron chi connectivity index (χ3n) is 1.50. The molecule has 1 rings (SSSR count). The van der Waals surface area contributed by atoms with Gasteiger partial charge in [-0.1, -0.05) is 42.5 Å². The summed E-state index contributed by atoms with van der Waals surface area (Å²) >= 11 is 0. The Morgan fingerprint density at radius 1 is 1.09 bits per heavy atom. The highest BCUT2D eigenvalue weighted by Gasteiger charge is 1.98. The topological polar surface area (TPSA) is 20.2 Å². The van der Waals surface area contributed by atoms with Crippen LogP contribution in [0.2, 0.25) is 0 Å². The molecule has 11 heavy (non-hydrogen) atoms. The molecule has 58 valence electrons. The predicted molar refractivity (Wildman–Crippen MR) is 47.2 cm³/mol. The fraction of sp³-hybridized carbons (Fsp3) is 0.200. The van der Waals surface area contributed by atoms with Crippen LogP contribution < -0.4 is 0 Å². The van der Waals surface area contributed by atoms with E-state index in [1.807, 2.05) is 42.5 Å². The molecule has 0 heterocycles. The maximum Gasteiger partial charge on any atom is 0.0761 e. The lowest BCUT2D eigenvalue weighted by Crippen LogP contribution is -2.01. The van der Waals surface area contributed by atoms with Gasteiger partial charge >= 0.3 is 0 Å². The molecule has 1 atom stereocenters. The second kappa shape index (κ2) is 3.94. The first kappa shape index (κ1) is 8.02. The quantitative estimate of drug-likeness (QED) is 0.602. The normalized spacial score (nSPS) is 18.9. The summed E-state index contributed by atoms with van der Waals surface area (Å²) in [5.74, 6) is 0. The van der Waals surface area contributed by atoms with Crippen LogP contribution in [-0.2, 0) is 0 Å². The van der Waals surface area contributed by atoms with Crippen LogP contribution in [-0.4, -0.2) is 11.2 Å². The zero-order valence-electron chi connectivity index (χ0n) is 6.57. The maximum atomic E-state index is 9.22. The van der Waals surface area contributed by atoms with E-state index in [-0.39, 0.29) is 6.10 Å². The Morgan fingerprint density at radius 3 is 2.45 bits per heavy atom. The summed E-state index contributed by atoms with van der Waals surface area (Å²) in [6.07, 6.45) is 13.1. The molecule has 1 N–H and O–H groups in total. The monoisotopic (exact) mass is 148 g/mol. The molecular formula is C10H12O. The van der Waals surface area contributed by atoms with Crippen molar-refractivity contribution in [1.29, 1.82) is 0 Å². The van der Waals surface area contributed by atoms with Gasteiger partial charge in [-0.25, -0.2) is 0 Å². The summed E-state index contributed by atoms with van der Waals surface area (Å²) in [5.41, 5.74) is 0.936. The van der Waals surface area contributed by atoms with Crippen LogP contribution in [0.5, 0.6) is 0 Å². The Bertz CT molecular complexity index is 229. The van der Waals surface area contributed by atoms with E-state index >= 15 is 0 Å². The Morgan fingerprint density at radius 2 is 1.73 bits per heavy atom. The lowest BCUT2D eigenvalue weighted by molar-refractivity contribution is 0.235. The van der Waals surface area contributed by atoms with Crippen molar-refractivity contribution in [2.75, 3.05) is 0 Å². The molecule has 0 radical (unpaired) electrons. The zero-order chi connectivity index (χ0) is 8.10. The van der Waals surface area contributed by atoms with Crippen LogP contribution in [0.25, 0.3) is 0 Å². The Kier molecular flexibility index (Phi) is 2.87.